The van der Waals surface area contributed by atoms with Crippen molar-refractivity contribution in [1.29, 1.82) is 0 Å². The van der Waals surface area contributed by atoms with Crippen LogP contribution in [0.15, 0.2) is 30.2 Å². The fourth-order valence-corrected chi connectivity index (χ4v) is 2.04. The molecule has 17 heavy (non-hydrogen) atoms. The molecule has 0 unspecified atom stereocenters. The summed E-state index contributed by atoms with van der Waals surface area (Å²) in [5.74, 6) is 0.664. The summed E-state index contributed by atoms with van der Waals surface area (Å²) < 4.78 is 5.19. The summed E-state index contributed by atoms with van der Waals surface area (Å²) in [7, 11) is 1.60. The van der Waals surface area contributed by atoms with E-state index in [4.69, 9.17) is 21.4 Å². The van der Waals surface area contributed by atoms with Gasteiger partial charge in [0.2, 0.25) is 0 Å². The van der Waals surface area contributed by atoms with Crippen molar-refractivity contribution in [3.63, 3.8) is 0 Å². The molecule has 0 radical (unpaired) electrons. The molecule has 4 nitrogen and oxygen atoms in total. The van der Waals surface area contributed by atoms with Crippen LogP contribution in [-0.2, 0) is 0 Å². The topological polar surface area (TPSA) is 44.7 Å². The fourth-order valence-electron chi connectivity index (χ4n) is 1.84. The number of aliphatic hydroxyl groups is 1. The number of rotatable bonds is 2. The average Bonchev–Trinajstić information content (AvgIpc) is 2.39. The highest BCUT2D eigenvalue weighted by Gasteiger charge is 2.15. The van der Waals surface area contributed by atoms with Crippen molar-refractivity contribution in [1.82, 2.24) is 5.32 Å². The van der Waals surface area contributed by atoms with E-state index in [0.717, 1.165) is 30.7 Å². The van der Waals surface area contributed by atoms with Gasteiger partial charge in [-0.15, -0.1) is 0 Å². The van der Waals surface area contributed by atoms with Gasteiger partial charge in [-0.25, -0.2) is 0 Å². The maximum atomic E-state index is 9.00. The molecule has 0 bridgehead atoms. The number of piperazine rings is 1. The molecule has 5 heteroatoms. The molecule has 0 spiro atoms. The summed E-state index contributed by atoms with van der Waals surface area (Å²) >= 11 is 5.98. The van der Waals surface area contributed by atoms with Crippen LogP contribution in [0, 0.1) is 0 Å². The Morgan fingerprint density at radius 3 is 3.06 bits per heavy atom. The number of aliphatic hydroxyl groups excluding tert-OH is 1. The molecule has 1 aromatic rings. The second kappa shape index (κ2) is 5.19. The number of ether oxygens (including phenoxy) is 1. The van der Waals surface area contributed by atoms with Crippen molar-refractivity contribution in [2.24, 2.45) is 0 Å². The van der Waals surface area contributed by atoms with Crippen molar-refractivity contribution >= 4 is 17.3 Å². The van der Waals surface area contributed by atoms with E-state index in [1.165, 1.54) is 0 Å². The van der Waals surface area contributed by atoms with Gasteiger partial charge in [-0.1, -0.05) is 11.6 Å². The molecule has 1 saturated heterocycles. The minimum atomic E-state index is 0.601. The zero-order valence-electron chi connectivity index (χ0n) is 9.61. The molecule has 0 aliphatic carbocycles. The Hall–Kier alpha value is -1.55. The molecule has 1 heterocycles. The van der Waals surface area contributed by atoms with Crippen molar-refractivity contribution in [3.05, 3.63) is 35.2 Å². The Bertz CT molecular complexity index is 435. The van der Waals surface area contributed by atoms with Crippen molar-refractivity contribution in [2.45, 2.75) is 0 Å². The lowest BCUT2D eigenvalue weighted by atomic mass is 10.2. The Balaban J connectivity index is 2.21. The highest BCUT2D eigenvalue weighted by Crippen LogP contribution is 2.29. The Morgan fingerprint density at radius 1 is 1.53 bits per heavy atom. The first-order chi connectivity index (χ1) is 8.24. The van der Waals surface area contributed by atoms with Crippen LogP contribution < -0.4 is 15.0 Å². The van der Waals surface area contributed by atoms with Crippen LogP contribution in [0.4, 0.5) is 5.69 Å². The molecule has 0 saturated carbocycles. The third kappa shape index (κ3) is 2.58. The fraction of sp³-hybridized carbons (Fsp3) is 0.333. The third-order valence-electron chi connectivity index (χ3n) is 2.75. The largest absolute Gasteiger partial charge is 0.514 e. The van der Waals surface area contributed by atoms with Gasteiger partial charge in [0.1, 0.15) is 5.75 Å². The van der Waals surface area contributed by atoms with Gasteiger partial charge in [-0.05, 0) is 12.1 Å². The summed E-state index contributed by atoms with van der Waals surface area (Å²) in [4.78, 5) is 2.15. The van der Waals surface area contributed by atoms with Crippen molar-refractivity contribution in [3.8, 4) is 5.75 Å². The number of hydrogen-bond acceptors (Lipinski definition) is 4. The maximum Gasteiger partial charge on any atom is 0.139 e. The molecule has 0 amide bonds. The summed E-state index contributed by atoms with van der Waals surface area (Å²) in [6.45, 7) is 2.33. The molecular weight excluding hydrogens is 240 g/mol. The lowest BCUT2D eigenvalue weighted by Crippen LogP contribution is -2.42. The summed E-state index contributed by atoms with van der Waals surface area (Å²) in [6, 6.07) is 5.67. The monoisotopic (exact) mass is 254 g/mol. The minimum absolute atomic E-state index is 0.601. The molecule has 2 rings (SSSR count). The Labute approximate surface area is 105 Å². The minimum Gasteiger partial charge on any atom is -0.514 e. The number of nitrogens with zero attached hydrogens (tertiary/aromatic N) is 1. The molecule has 1 fully saturated rings. The number of anilines is 1. The molecule has 1 aliphatic rings. The number of benzene rings is 1. The van der Waals surface area contributed by atoms with Crippen LogP contribution in [0.25, 0.3) is 0 Å². The van der Waals surface area contributed by atoms with Gasteiger partial charge in [0, 0.05) is 24.8 Å². The highest BCUT2D eigenvalue weighted by atomic mass is 35.5. The smallest absolute Gasteiger partial charge is 0.139 e. The first kappa shape index (κ1) is 11.9. The molecule has 0 atom stereocenters. The predicted molar refractivity (Wildman–Crippen MR) is 68.9 cm³/mol. The normalized spacial score (nSPS) is 18.0. The number of methoxy groups -OCH3 is 1. The zero-order valence-corrected chi connectivity index (χ0v) is 10.4. The molecule has 92 valence electrons. The molecule has 1 aromatic carbocycles. The lowest BCUT2D eigenvalue weighted by molar-refractivity contribution is 0.415. The van der Waals surface area contributed by atoms with E-state index in [-0.39, 0.29) is 0 Å². The van der Waals surface area contributed by atoms with Gasteiger partial charge >= 0.3 is 0 Å². The van der Waals surface area contributed by atoms with Crippen LogP contribution in [0.1, 0.15) is 0 Å². The van der Waals surface area contributed by atoms with E-state index in [9.17, 15) is 0 Å². The second-order valence-corrected chi connectivity index (χ2v) is 4.23. The van der Waals surface area contributed by atoms with Crippen LogP contribution >= 0.6 is 11.6 Å². The van der Waals surface area contributed by atoms with Crippen LogP contribution in [0.2, 0.25) is 5.02 Å². The average molecular weight is 255 g/mol. The molecule has 2 N–H and O–H groups in total. The van der Waals surface area contributed by atoms with Gasteiger partial charge in [-0.3, -0.25) is 0 Å². The van der Waals surface area contributed by atoms with Crippen molar-refractivity contribution in [2.75, 3.05) is 31.6 Å². The van der Waals surface area contributed by atoms with Crippen LogP contribution in [0.3, 0.4) is 0 Å². The van der Waals surface area contributed by atoms with Gasteiger partial charge in [0.25, 0.3) is 0 Å². The van der Waals surface area contributed by atoms with Gasteiger partial charge in [0.05, 0.1) is 30.6 Å². The van der Waals surface area contributed by atoms with E-state index in [1.807, 2.05) is 18.2 Å². The highest BCUT2D eigenvalue weighted by molar-refractivity contribution is 6.32. The zero-order chi connectivity index (χ0) is 12.3. The maximum absolute atomic E-state index is 9.00. The van der Waals surface area contributed by atoms with Gasteiger partial charge < -0.3 is 20.1 Å². The van der Waals surface area contributed by atoms with E-state index >= 15 is 0 Å². The van der Waals surface area contributed by atoms with Gasteiger partial charge in [0.15, 0.2) is 0 Å². The van der Waals surface area contributed by atoms with E-state index in [2.05, 4.69) is 10.2 Å². The molecule has 1 aliphatic heterocycles. The summed E-state index contributed by atoms with van der Waals surface area (Å²) in [5.41, 5.74) is 1.84. The van der Waals surface area contributed by atoms with Crippen molar-refractivity contribution < 1.29 is 9.84 Å². The first-order valence-corrected chi connectivity index (χ1v) is 5.78. The van der Waals surface area contributed by atoms with Crippen LogP contribution in [0.5, 0.6) is 5.75 Å². The SMILES string of the molecule is COc1cc(N2CCN/C(=C/O)C2)ccc1Cl. The molecular formula is C12H15ClN2O2. The quantitative estimate of drug-likeness (QED) is 0.794. The van der Waals surface area contributed by atoms with E-state index < -0.39 is 0 Å². The first-order valence-electron chi connectivity index (χ1n) is 5.40. The third-order valence-corrected chi connectivity index (χ3v) is 3.06. The van der Waals surface area contributed by atoms with Crippen LogP contribution in [-0.4, -0.2) is 31.9 Å². The van der Waals surface area contributed by atoms with Gasteiger partial charge in [-0.2, -0.15) is 0 Å². The Kier molecular flexibility index (Phi) is 3.64. The predicted octanol–water partition coefficient (Wildman–Crippen LogP) is 2.16. The number of nitrogens with one attached hydrogen (secondary N) is 1. The number of halogens is 1. The molecule has 0 aromatic heterocycles. The summed E-state index contributed by atoms with van der Waals surface area (Å²) in [5, 5.41) is 12.7. The Morgan fingerprint density at radius 2 is 2.35 bits per heavy atom. The van der Waals surface area contributed by atoms with E-state index in [1.54, 1.807) is 7.11 Å². The lowest BCUT2D eigenvalue weighted by Gasteiger charge is -2.31. The second-order valence-electron chi connectivity index (χ2n) is 3.82. The summed E-state index contributed by atoms with van der Waals surface area (Å²) in [6.07, 6.45) is 1.11. The standard InChI is InChI=1S/C12H15ClN2O2/c1-17-12-6-10(2-3-11(12)13)15-5-4-14-9(7-15)8-16/h2-3,6,8,14,16H,4-5,7H2,1H3/b9-8+. The number of hydrogen-bond donors (Lipinski definition) is 2. The van der Waals surface area contributed by atoms with E-state index in [0.29, 0.717) is 17.3 Å².